The molecule has 3 atom stereocenters. The number of benzene rings is 1. The largest absolute Gasteiger partial charge is 0.392 e. The second-order valence-electron chi connectivity index (χ2n) is 5.74. The molecule has 1 fully saturated rings. The van der Waals surface area contributed by atoms with Gasteiger partial charge < -0.3 is 24.4 Å². The number of aliphatic hydroxyl groups excluding tert-OH is 2. The van der Waals surface area contributed by atoms with Crippen molar-refractivity contribution in [3.05, 3.63) is 48.0 Å². The van der Waals surface area contributed by atoms with Gasteiger partial charge in [-0.15, -0.1) is 0 Å². The van der Waals surface area contributed by atoms with Crippen LogP contribution in [0.4, 0.5) is 0 Å². The summed E-state index contributed by atoms with van der Waals surface area (Å²) in [5.74, 6) is -0.768. The summed E-state index contributed by atoms with van der Waals surface area (Å²) in [5.41, 5.74) is 1.05. The molecule has 1 heterocycles. The van der Waals surface area contributed by atoms with Gasteiger partial charge in [0.15, 0.2) is 5.79 Å². The normalized spacial score (nSPS) is 25.6. The lowest BCUT2D eigenvalue weighted by atomic mass is 10.1. The van der Waals surface area contributed by atoms with Crippen LogP contribution in [0.2, 0.25) is 0 Å². The lowest BCUT2D eigenvalue weighted by molar-refractivity contribution is -0.157. The maximum Gasteiger partial charge on any atom is 0.164 e. The van der Waals surface area contributed by atoms with Gasteiger partial charge in [0.2, 0.25) is 0 Å². The van der Waals surface area contributed by atoms with E-state index in [0.717, 1.165) is 5.56 Å². The van der Waals surface area contributed by atoms with Crippen molar-refractivity contribution < 1.29 is 24.4 Å². The van der Waals surface area contributed by atoms with E-state index < -0.39 is 24.1 Å². The molecule has 1 aliphatic heterocycles. The molecule has 0 aliphatic carbocycles. The van der Waals surface area contributed by atoms with Gasteiger partial charge in [-0.3, -0.25) is 0 Å². The molecule has 0 unspecified atom stereocenters. The Bertz CT molecular complexity index is 471. The summed E-state index contributed by atoms with van der Waals surface area (Å²) in [6.45, 7) is 4.11. The number of rotatable bonds is 7. The molecule has 0 bridgehead atoms. The van der Waals surface area contributed by atoms with Crippen molar-refractivity contribution in [3.63, 3.8) is 0 Å². The molecule has 0 saturated carbocycles. The van der Waals surface area contributed by atoms with E-state index in [1.165, 1.54) is 0 Å². The summed E-state index contributed by atoms with van der Waals surface area (Å²) in [7, 11) is 0. The molecule has 2 N–H and O–H groups in total. The Morgan fingerprint density at radius 2 is 2.00 bits per heavy atom. The third-order valence-electron chi connectivity index (χ3n) is 3.37. The van der Waals surface area contributed by atoms with Crippen LogP contribution in [0.3, 0.4) is 0 Å². The van der Waals surface area contributed by atoms with E-state index in [-0.39, 0.29) is 13.2 Å². The molecule has 1 aliphatic rings. The van der Waals surface area contributed by atoms with Gasteiger partial charge in [-0.1, -0.05) is 42.5 Å². The second-order valence-corrected chi connectivity index (χ2v) is 5.74. The average Bonchev–Trinajstić information content (AvgIpc) is 2.81. The van der Waals surface area contributed by atoms with E-state index in [1.807, 2.05) is 30.3 Å². The summed E-state index contributed by atoms with van der Waals surface area (Å²) in [6, 6.07) is 9.78. The molecular formula is C17H24O5. The van der Waals surface area contributed by atoms with Crippen molar-refractivity contribution in [2.75, 3.05) is 13.2 Å². The highest BCUT2D eigenvalue weighted by molar-refractivity contribution is 5.13. The first kappa shape index (κ1) is 17.1. The van der Waals surface area contributed by atoms with Crippen molar-refractivity contribution in [1.82, 2.24) is 0 Å². The van der Waals surface area contributed by atoms with Gasteiger partial charge in [0.1, 0.15) is 18.3 Å². The second kappa shape index (κ2) is 7.85. The Morgan fingerprint density at radius 3 is 2.68 bits per heavy atom. The lowest BCUT2D eigenvalue weighted by Gasteiger charge is -2.21. The van der Waals surface area contributed by atoms with Gasteiger partial charge in [0.25, 0.3) is 0 Å². The van der Waals surface area contributed by atoms with Crippen molar-refractivity contribution in [2.45, 2.75) is 44.6 Å². The fraction of sp³-hybridized carbons (Fsp3) is 0.529. The molecule has 1 saturated heterocycles. The maximum absolute atomic E-state index is 10.3. The third-order valence-corrected chi connectivity index (χ3v) is 3.37. The number of ether oxygens (including phenoxy) is 3. The molecule has 1 aromatic rings. The van der Waals surface area contributed by atoms with Crippen molar-refractivity contribution in [1.29, 1.82) is 0 Å². The summed E-state index contributed by atoms with van der Waals surface area (Å²) < 4.78 is 17.0. The molecule has 1 aromatic carbocycles. The van der Waals surface area contributed by atoms with Crippen LogP contribution in [-0.4, -0.2) is 47.5 Å². The van der Waals surface area contributed by atoms with Crippen LogP contribution in [0.15, 0.2) is 42.5 Å². The highest BCUT2D eigenvalue weighted by atomic mass is 16.8. The molecule has 5 heteroatoms. The van der Waals surface area contributed by atoms with Crippen LogP contribution >= 0.6 is 0 Å². The van der Waals surface area contributed by atoms with Crippen LogP contribution in [-0.2, 0) is 20.8 Å². The summed E-state index contributed by atoms with van der Waals surface area (Å²) in [4.78, 5) is 0. The van der Waals surface area contributed by atoms with Crippen LogP contribution in [0.5, 0.6) is 0 Å². The van der Waals surface area contributed by atoms with E-state index in [2.05, 4.69) is 0 Å². The molecule has 0 amide bonds. The average molecular weight is 308 g/mol. The van der Waals surface area contributed by atoms with Gasteiger partial charge >= 0.3 is 0 Å². The van der Waals surface area contributed by atoms with E-state index in [1.54, 1.807) is 26.0 Å². The summed E-state index contributed by atoms with van der Waals surface area (Å²) >= 11 is 0. The Morgan fingerprint density at radius 1 is 1.27 bits per heavy atom. The van der Waals surface area contributed by atoms with E-state index in [9.17, 15) is 5.11 Å². The third kappa shape index (κ3) is 4.90. The van der Waals surface area contributed by atoms with Crippen LogP contribution in [0.1, 0.15) is 19.4 Å². The van der Waals surface area contributed by atoms with Crippen molar-refractivity contribution in [3.8, 4) is 0 Å². The van der Waals surface area contributed by atoms with E-state index in [4.69, 9.17) is 19.3 Å². The van der Waals surface area contributed by atoms with Gasteiger partial charge in [0.05, 0.1) is 19.8 Å². The highest BCUT2D eigenvalue weighted by Crippen LogP contribution is 2.30. The smallest absolute Gasteiger partial charge is 0.164 e. The zero-order chi connectivity index (χ0) is 16.0. The quantitative estimate of drug-likeness (QED) is 0.749. The number of aliphatic hydroxyl groups is 2. The van der Waals surface area contributed by atoms with Crippen molar-refractivity contribution >= 4 is 0 Å². The standard InChI is InChI=1S/C17H24O5/c1-17(2)21-15(9-6-10-18)16(22-17)14(19)12-20-11-13-7-4-3-5-8-13/h3-9,14-16,18-19H,10-12H2,1-2H3/b9-6+/t14-,15-,16+/m0/s1. The van der Waals surface area contributed by atoms with Crippen molar-refractivity contribution in [2.24, 2.45) is 0 Å². The van der Waals surface area contributed by atoms with E-state index >= 15 is 0 Å². The van der Waals surface area contributed by atoms with Gasteiger partial charge in [-0.2, -0.15) is 0 Å². The molecule has 0 spiro atoms. The first-order valence-electron chi connectivity index (χ1n) is 7.45. The molecule has 0 radical (unpaired) electrons. The molecular weight excluding hydrogens is 284 g/mol. The monoisotopic (exact) mass is 308 g/mol. The maximum atomic E-state index is 10.3. The SMILES string of the molecule is CC1(C)O[C@H]([C@@H](O)COCc2ccccc2)[C@H](/C=C/CO)O1. The number of hydrogen-bond acceptors (Lipinski definition) is 5. The Kier molecular flexibility index (Phi) is 6.11. The zero-order valence-electron chi connectivity index (χ0n) is 13.0. The van der Waals surface area contributed by atoms with Gasteiger partial charge in [0, 0.05) is 0 Å². The Labute approximate surface area is 131 Å². The zero-order valence-corrected chi connectivity index (χ0v) is 13.0. The van der Waals surface area contributed by atoms with Crippen LogP contribution in [0.25, 0.3) is 0 Å². The molecule has 0 aromatic heterocycles. The van der Waals surface area contributed by atoms with Crippen LogP contribution < -0.4 is 0 Å². The topological polar surface area (TPSA) is 68.2 Å². The molecule has 2 rings (SSSR count). The highest BCUT2D eigenvalue weighted by Gasteiger charge is 2.43. The fourth-order valence-corrected chi connectivity index (χ4v) is 2.43. The minimum Gasteiger partial charge on any atom is -0.392 e. The first-order valence-corrected chi connectivity index (χ1v) is 7.45. The molecule has 122 valence electrons. The van der Waals surface area contributed by atoms with E-state index in [0.29, 0.717) is 6.61 Å². The molecule has 5 nitrogen and oxygen atoms in total. The number of hydrogen-bond donors (Lipinski definition) is 2. The Hall–Kier alpha value is -1.24. The summed E-state index contributed by atoms with van der Waals surface area (Å²) in [6.07, 6.45) is 1.56. The molecule has 22 heavy (non-hydrogen) atoms. The Balaban J connectivity index is 1.86. The predicted octanol–water partition coefficient (Wildman–Crippen LogP) is 1.63. The predicted molar refractivity (Wildman–Crippen MR) is 82.2 cm³/mol. The fourth-order valence-electron chi connectivity index (χ4n) is 2.43. The first-order chi connectivity index (χ1) is 10.5. The van der Waals surface area contributed by atoms with Crippen LogP contribution in [0, 0.1) is 0 Å². The minimum atomic E-state index is -0.807. The van der Waals surface area contributed by atoms with Gasteiger partial charge in [-0.25, -0.2) is 0 Å². The van der Waals surface area contributed by atoms with Gasteiger partial charge in [-0.05, 0) is 19.4 Å². The summed E-state index contributed by atoms with van der Waals surface area (Å²) in [5, 5.41) is 19.2. The lowest BCUT2D eigenvalue weighted by Crippen LogP contribution is -2.37. The minimum absolute atomic E-state index is 0.0758.